The van der Waals surface area contributed by atoms with Gasteiger partial charge in [0.25, 0.3) is 0 Å². The number of hydrogen-bond acceptors (Lipinski definition) is 4. The quantitative estimate of drug-likeness (QED) is 0.570. The molecule has 1 aliphatic rings. The summed E-state index contributed by atoms with van der Waals surface area (Å²) in [5, 5.41) is 5.38. The number of urea groups is 1. The molecule has 0 bridgehead atoms. The fraction of sp³-hybridized carbons (Fsp3) is 0.462. The lowest BCUT2D eigenvalue weighted by atomic mass is 9.99. The van der Waals surface area contributed by atoms with Crippen molar-refractivity contribution in [2.75, 3.05) is 20.6 Å². The average Bonchev–Trinajstić information content (AvgIpc) is 3.23. The van der Waals surface area contributed by atoms with Gasteiger partial charge in [-0.2, -0.15) is 4.39 Å². The summed E-state index contributed by atoms with van der Waals surface area (Å²) in [7, 11) is 3.06. The molecule has 8 nitrogen and oxygen atoms in total. The van der Waals surface area contributed by atoms with Gasteiger partial charge in [0.1, 0.15) is 18.3 Å². The van der Waals surface area contributed by atoms with Crippen LogP contribution in [0.4, 0.5) is 13.6 Å². The van der Waals surface area contributed by atoms with Gasteiger partial charge in [0.2, 0.25) is 17.8 Å². The highest BCUT2D eigenvalue weighted by atomic mass is 19.1. The van der Waals surface area contributed by atoms with Crippen molar-refractivity contribution in [1.82, 2.24) is 25.4 Å². The van der Waals surface area contributed by atoms with Crippen LogP contribution in [0.5, 0.6) is 0 Å². The van der Waals surface area contributed by atoms with Crippen molar-refractivity contribution >= 4 is 17.8 Å². The minimum atomic E-state index is -1.39. The molecule has 1 aliphatic heterocycles. The third-order valence-corrected chi connectivity index (χ3v) is 6.19. The van der Waals surface area contributed by atoms with E-state index in [1.807, 2.05) is 19.9 Å². The van der Waals surface area contributed by atoms with Gasteiger partial charge in [-0.15, -0.1) is 0 Å². The second-order valence-corrected chi connectivity index (χ2v) is 9.53. The van der Waals surface area contributed by atoms with Crippen molar-refractivity contribution in [2.24, 2.45) is 0 Å². The maximum absolute atomic E-state index is 14.7. The molecule has 10 heteroatoms. The summed E-state index contributed by atoms with van der Waals surface area (Å²) < 4.78 is 29.1. The molecule has 0 aliphatic carbocycles. The van der Waals surface area contributed by atoms with Gasteiger partial charge in [-0.25, -0.2) is 14.2 Å². The predicted molar refractivity (Wildman–Crippen MR) is 131 cm³/mol. The van der Waals surface area contributed by atoms with Gasteiger partial charge in [-0.3, -0.25) is 9.59 Å². The molecular formula is C26H33F2N5O3. The number of rotatable bonds is 7. The van der Waals surface area contributed by atoms with Gasteiger partial charge in [0.05, 0.1) is 18.3 Å². The van der Waals surface area contributed by atoms with Gasteiger partial charge in [0, 0.05) is 26.1 Å². The number of carbonyl (C=O) groups is 3. The third-order valence-electron chi connectivity index (χ3n) is 6.19. The molecule has 2 aromatic rings. The Kier molecular flexibility index (Phi) is 8.60. The van der Waals surface area contributed by atoms with Crippen molar-refractivity contribution in [3.05, 3.63) is 65.2 Å². The first kappa shape index (κ1) is 27.0. The number of alkyl halides is 1. The smallest absolute Gasteiger partial charge is 0.317 e. The molecule has 2 heterocycles. The first-order valence-electron chi connectivity index (χ1n) is 11.9. The fourth-order valence-corrected chi connectivity index (χ4v) is 4.16. The van der Waals surface area contributed by atoms with Crippen LogP contribution in [0.2, 0.25) is 0 Å². The van der Waals surface area contributed by atoms with Crippen molar-refractivity contribution in [1.29, 1.82) is 0 Å². The van der Waals surface area contributed by atoms with E-state index in [4.69, 9.17) is 0 Å². The number of nitrogens with zero attached hydrogens (tertiary/aromatic N) is 3. The Morgan fingerprint density at radius 2 is 1.72 bits per heavy atom. The first-order valence-corrected chi connectivity index (χ1v) is 11.9. The molecule has 36 heavy (non-hydrogen) atoms. The number of benzene rings is 1. The molecule has 1 aromatic carbocycles. The molecule has 0 spiro atoms. The Bertz CT molecular complexity index is 1100. The molecule has 194 valence electrons. The van der Waals surface area contributed by atoms with E-state index in [2.05, 4.69) is 15.6 Å². The highest BCUT2D eigenvalue weighted by molar-refractivity contribution is 5.92. The molecule has 0 unspecified atom stereocenters. The van der Waals surface area contributed by atoms with Gasteiger partial charge in [-0.05, 0) is 24.5 Å². The van der Waals surface area contributed by atoms with E-state index >= 15 is 0 Å². The summed E-state index contributed by atoms with van der Waals surface area (Å²) in [4.78, 5) is 44.9. The van der Waals surface area contributed by atoms with Crippen molar-refractivity contribution in [2.45, 2.75) is 57.4 Å². The summed E-state index contributed by atoms with van der Waals surface area (Å²) >= 11 is 0. The van der Waals surface area contributed by atoms with Crippen LogP contribution < -0.4 is 10.6 Å². The van der Waals surface area contributed by atoms with Crippen LogP contribution in [0.3, 0.4) is 0 Å². The lowest BCUT2D eigenvalue weighted by molar-refractivity contribution is -0.139. The predicted octanol–water partition coefficient (Wildman–Crippen LogP) is 3.15. The Morgan fingerprint density at radius 3 is 2.31 bits per heavy atom. The minimum Gasteiger partial charge on any atom is -0.342 e. The molecule has 2 N–H and O–H groups in total. The molecular weight excluding hydrogens is 468 g/mol. The number of hydrogen-bond donors (Lipinski definition) is 2. The lowest BCUT2D eigenvalue weighted by Gasteiger charge is -2.29. The zero-order valence-corrected chi connectivity index (χ0v) is 21.2. The van der Waals surface area contributed by atoms with E-state index in [-0.39, 0.29) is 24.6 Å². The Labute approximate surface area is 210 Å². The van der Waals surface area contributed by atoms with Crippen molar-refractivity contribution in [3.63, 3.8) is 0 Å². The SMILES string of the molecule is CC(C)c1ccc([C@@H](NC(=O)[C@@H]2C[C@@H](F)CN2C(=O)[C@H](C)NC(=O)N(C)C)c2ccccc2)nc1F. The number of aromatic nitrogens is 1. The maximum Gasteiger partial charge on any atom is 0.317 e. The zero-order valence-electron chi connectivity index (χ0n) is 21.2. The number of amides is 4. The first-order chi connectivity index (χ1) is 17.0. The van der Waals surface area contributed by atoms with Gasteiger partial charge in [-0.1, -0.05) is 50.2 Å². The average molecular weight is 502 g/mol. The van der Waals surface area contributed by atoms with Crippen LogP contribution in [-0.2, 0) is 9.59 Å². The lowest BCUT2D eigenvalue weighted by Crippen LogP contribution is -2.54. The van der Waals surface area contributed by atoms with Crippen LogP contribution in [-0.4, -0.2) is 71.5 Å². The van der Waals surface area contributed by atoms with E-state index in [1.54, 1.807) is 36.4 Å². The maximum atomic E-state index is 14.7. The normalized spacial score (nSPS) is 19.1. The van der Waals surface area contributed by atoms with E-state index in [0.717, 1.165) is 4.90 Å². The van der Waals surface area contributed by atoms with Crippen LogP contribution in [0.25, 0.3) is 0 Å². The largest absolute Gasteiger partial charge is 0.342 e. The topological polar surface area (TPSA) is 94.6 Å². The molecule has 4 amide bonds. The Morgan fingerprint density at radius 1 is 1.06 bits per heavy atom. The molecule has 3 rings (SSSR count). The zero-order chi connectivity index (χ0) is 26.6. The van der Waals surface area contributed by atoms with E-state index in [9.17, 15) is 23.2 Å². The Hall–Kier alpha value is -3.56. The summed E-state index contributed by atoms with van der Waals surface area (Å²) in [5.41, 5.74) is 1.41. The number of carbonyl (C=O) groups excluding carboxylic acids is 3. The monoisotopic (exact) mass is 501 g/mol. The fourth-order valence-electron chi connectivity index (χ4n) is 4.16. The molecule has 4 atom stereocenters. The number of nitrogens with one attached hydrogen (secondary N) is 2. The highest BCUT2D eigenvalue weighted by Gasteiger charge is 2.42. The van der Waals surface area contributed by atoms with E-state index in [1.165, 1.54) is 25.9 Å². The van der Waals surface area contributed by atoms with E-state index in [0.29, 0.717) is 11.1 Å². The molecule has 1 saturated heterocycles. The summed E-state index contributed by atoms with van der Waals surface area (Å²) in [6.45, 7) is 4.94. The molecule has 0 radical (unpaired) electrons. The molecule has 0 saturated carbocycles. The second kappa shape index (κ2) is 11.5. The summed E-state index contributed by atoms with van der Waals surface area (Å²) in [6, 6.07) is 8.90. The number of likely N-dealkylation sites (tertiary alicyclic amines) is 1. The standard InChI is InChI=1S/C26H33F2N5O3/c1-15(2)19-11-12-20(30-23(19)28)22(17-9-7-6-8-10-17)31-24(34)21-13-18(27)14-33(21)25(35)16(3)29-26(36)32(4)5/h6-12,15-16,18,21-22H,13-14H2,1-5H3,(H,29,36)(H,31,34)/t16-,18+,21-,22-/m0/s1. The van der Waals surface area contributed by atoms with Gasteiger partial charge < -0.3 is 20.4 Å². The van der Waals surface area contributed by atoms with Gasteiger partial charge >= 0.3 is 6.03 Å². The molecule has 1 aromatic heterocycles. The molecule has 1 fully saturated rings. The Balaban J connectivity index is 1.86. The number of pyridine rings is 1. The second-order valence-electron chi connectivity index (χ2n) is 9.53. The third kappa shape index (κ3) is 6.16. The van der Waals surface area contributed by atoms with Crippen molar-refractivity contribution in [3.8, 4) is 0 Å². The van der Waals surface area contributed by atoms with E-state index < -0.39 is 48.1 Å². The van der Waals surface area contributed by atoms with Gasteiger partial charge in [0.15, 0.2) is 0 Å². The van der Waals surface area contributed by atoms with Crippen LogP contribution in [0.15, 0.2) is 42.5 Å². The summed E-state index contributed by atoms with van der Waals surface area (Å²) in [5.74, 6) is -1.83. The van der Waals surface area contributed by atoms with Crippen LogP contribution >= 0.6 is 0 Å². The van der Waals surface area contributed by atoms with Crippen LogP contribution in [0.1, 0.15) is 56.0 Å². The van der Waals surface area contributed by atoms with Crippen LogP contribution in [0, 0.1) is 5.95 Å². The highest BCUT2D eigenvalue weighted by Crippen LogP contribution is 2.27. The summed E-state index contributed by atoms with van der Waals surface area (Å²) in [6.07, 6.45) is -1.57. The number of halogens is 2. The van der Waals surface area contributed by atoms with Crippen molar-refractivity contribution < 1.29 is 23.2 Å². The minimum absolute atomic E-state index is 0.0640.